The number of nitrogens with one attached hydrogen (secondary N) is 1. The van der Waals surface area contributed by atoms with Crippen molar-refractivity contribution in [2.24, 2.45) is 0 Å². The van der Waals surface area contributed by atoms with E-state index in [2.05, 4.69) is 39.4 Å². The maximum Gasteiger partial charge on any atom is 0.0810 e. The molecule has 1 fully saturated rings. The molecule has 14 heavy (non-hydrogen) atoms. The highest BCUT2D eigenvalue weighted by Crippen LogP contribution is 2.36. The van der Waals surface area contributed by atoms with Crippen LogP contribution < -0.4 is 5.32 Å². The number of benzene rings is 1. The van der Waals surface area contributed by atoms with E-state index >= 15 is 0 Å². The van der Waals surface area contributed by atoms with Crippen molar-refractivity contribution in [3.8, 4) is 0 Å². The fourth-order valence-corrected chi connectivity index (χ4v) is 2.82. The second-order valence-electron chi connectivity index (χ2n) is 3.89. The van der Waals surface area contributed by atoms with Crippen molar-refractivity contribution in [1.29, 1.82) is 0 Å². The summed E-state index contributed by atoms with van der Waals surface area (Å²) in [5.74, 6) is 0. The maximum absolute atomic E-state index is 5.75. The lowest BCUT2D eigenvalue weighted by molar-refractivity contribution is 0.00503. The SMILES string of the molecule is Brc1ccc2c(c1)CC1OCCN[C@@H]21. The van der Waals surface area contributed by atoms with Gasteiger partial charge in [-0.05, 0) is 23.3 Å². The Labute approximate surface area is 91.8 Å². The van der Waals surface area contributed by atoms with Gasteiger partial charge in [-0.1, -0.05) is 22.0 Å². The van der Waals surface area contributed by atoms with Crippen molar-refractivity contribution in [3.05, 3.63) is 33.8 Å². The highest BCUT2D eigenvalue weighted by atomic mass is 79.9. The van der Waals surface area contributed by atoms with Gasteiger partial charge in [0.05, 0.1) is 18.8 Å². The standard InChI is InChI=1S/C11H12BrNO/c12-8-1-2-9-7(5-8)6-10-11(9)13-3-4-14-10/h1-2,5,10-11,13H,3-4,6H2/t10?,11-/m0/s1. The van der Waals surface area contributed by atoms with Crippen LogP contribution in [0.15, 0.2) is 22.7 Å². The van der Waals surface area contributed by atoms with E-state index in [1.807, 2.05) is 0 Å². The van der Waals surface area contributed by atoms with Crippen LogP contribution in [-0.2, 0) is 11.2 Å². The van der Waals surface area contributed by atoms with Crippen molar-refractivity contribution in [2.75, 3.05) is 13.2 Å². The molecule has 1 aromatic rings. The second kappa shape index (κ2) is 3.33. The van der Waals surface area contributed by atoms with Gasteiger partial charge >= 0.3 is 0 Å². The molecule has 2 nitrogen and oxygen atoms in total. The number of morpholine rings is 1. The predicted octanol–water partition coefficient (Wildman–Crippen LogP) is 2.03. The highest BCUT2D eigenvalue weighted by molar-refractivity contribution is 9.10. The average Bonchev–Trinajstić information content (AvgIpc) is 2.54. The van der Waals surface area contributed by atoms with Gasteiger partial charge in [0, 0.05) is 17.4 Å². The van der Waals surface area contributed by atoms with E-state index in [1.165, 1.54) is 11.1 Å². The smallest absolute Gasteiger partial charge is 0.0810 e. The Balaban J connectivity index is 2.01. The molecule has 3 heteroatoms. The predicted molar refractivity (Wildman–Crippen MR) is 58.3 cm³/mol. The molecule has 1 N–H and O–H groups in total. The minimum absolute atomic E-state index is 0.355. The molecule has 0 bridgehead atoms. The lowest BCUT2D eigenvalue weighted by Gasteiger charge is -2.27. The molecule has 1 saturated heterocycles. The van der Waals surface area contributed by atoms with Gasteiger partial charge in [-0.15, -0.1) is 0 Å². The third-order valence-corrected chi connectivity index (χ3v) is 3.52. The Bertz CT molecular complexity index is 366. The van der Waals surface area contributed by atoms with Gasteiger partial charge in [0.1, 0.15) is 0 Å². The fraction of sp³-hybridized carbons (Fsp3) is 0.455. The van der Waals surface area contributed by atoms with Crippen molar-refractivity contribution >= 4 is 15.9 Å². The average molecular weight is 254 g/mol. The van der Waals surface area contributed by atoms with Gasteiger partial charge in [-0.2, -0.15) is 0 Å². The van der Waals surface area contributed by atoms with E-state index in [0.29, 0.717) is 12.1 Å². The van der Waals surface area contributed by atoms with Crippen LogP contribution >= 0.6 is 15.9 Å². The van der Waals surface area contributed by atoms with Crippen LogP contribution in [0.1, 0.15) is 17.2 Å². The molecule has 0 spiro atoms. The summed E-state index contributed by atoms with van der Waals surface area (Å²) in [6.45, 7) is 1.81. The summed E-state index contributed by atoms with van der Waals surface area (Å²) in [5.41, 5.74) is 2.83. The molecule has 1 aliphatic heterocycles. The zero-order valence-corrected chi connectivity index (χ0v) is 9.38. The summed E-state index contributed by atoms with van der Waals surface area (Å²) < 4.78 is 6.91. The van der Waals surface area contributed by atoms with Crippen LogP contribution in [0.4, 0.5) is 0 Å². The van der Waals surface area contributed by atoms with Crippen molar-refractivity contribution < 1.29 is 4.74 Å². The summed E-state index contributed by atoms with van der Waals surface area (Å²) in [5, 5.41) is 3.52. The zero-order valence-electron chi connectivity index (χ0n) is 7.79. The van der Waals surface area contributed by atoms with Crippen LogP contribution in [0.25, 0.3) is 0 Å². The Morgan fingerprint density at radius 1 is 1.43 bits per heavy atom. The largest absolute Gasteiger partial charge is 0.375 e. The molecule has 0 aromatic heterocycles. The van der Waals surface area contributed by atoms with Crippen LogP contribution in [-0.4, -0.2) is 19.3 Å². The minimum atomic E-state index is 0.355. The third-order valence-electron chi connectivity index (χ3n) is 3.03. The number of ether oxygens (including phenoxy) is 1. The Hall–Kier alpha value is -0.380. The van der Waals surface area contributed by atoms with Crippen molar-refractivity contribution in [3.63, 3.8) is 0 Å². The summed E-state index contributed by atoms with van der Waals surface area (Å²) in [4.78, 5) is 0. The quantitative estimate of drug-likeness (QED) is 0.764. The van der Waals surface area contributed by atoms with E-state index < -0.39 is 0 Å². The lowest BCUT2D eigenvalue weighted by atomic mass is 10.1. The van der Waals surface area contributed by atoms with E-state index in [1.54, 1.807) is 0 Å². The molecule has 0 radical (unpaired) electrons. The number of hydrogen-bond acceptors (Lipinski definition) is 2. The number of hydrogen-bond donors (Lipinski definition) is 1. The van der Waals surface area contributed by atoms with Crippen molar-refractivity contribution in [1.82, 2.24) is 5.32 Å². The van der Waals surface area contributed by atoms with Gasteiger partial charge in [0.2, 0.25) is 0 Å². The summed E-state index contributed by atoms with van der Waals surface area (Å²) in [7, 11) is 0. The fourth-order valence-electron chi connectivity index (χ4n) is 2.41. The van der Waals surface area contributed by atoms with E-state index in [-0.39, 0.29) is 0 Å². The van der Waals surface area contributed by atoms with Gasteiger partial charge in [0.15, 0.2) is 0 Å². The Morgan fingerprint density at radius 2 is 2.36 bits per heavy atom. The molecule has 1 unspecified atom stereocenters. The van der Waals surface area contributed by atoms with Crippen LogP contribution in [0.3, 0.4) is 0 Å². The maximum atomic E-state index is 5.75. The molecular weight excluding hydrogens is 242 g/mol. The Morgan fingerprint density at radius 3 is 3.29 bits per heavy atom. The van der Waals surface area contributed by atoms with Crippen LogP contribution in [0, 0.1) is 0 Å². The molecule has 0 amide bonds. The normalized spacial score (nSPS) is 29.8. The van der Waals surface area contributed by atoms with Gasteiger partial charge < -0.3 is 10.1 Å². The highest BCUT2D eigenvalue weighted by Gasteiger charge is 2.34. The Kier molecular flexibility index (Phi) is 2.11. The topological polar surface area (TPSA) is 21.3 Å². The third kappa shape index (κ3) is 1.31. The molecule has 2 aliphatic rings. The van der Waals surface area contributed by atoms with Gasteiger partial charge in [-0.3, -0.25) is 0 Å². The summed E-state index contributed by atoms with van der Waals surface area (Å²) >= 11 is 3.50. The molecule has 3 rings (SSSR count). The van der Waals surface area contributed by atoms with E-state index in [9.17, 15) is 0 Å². The second-order valence-corrected chi connectivity index (χ2v) is 4.80. The summed E-state index contributed by atoms with van der Waals surface area (Å²) in [6, 6.07) is 6.94. The number of rotatable bonds is 0. The first-order chi connectivity index (χ1) is 6.84. The first kappa shape index (κ1) is 8.89. The van der Waals surface area contributed by atoms with Crippen molar-refractivity contribution in [2.45, 2.75) is 18.6 Å². The summed E-state index contributed by atoms with van der Waals surface area (Å²) in [6.07, 6.45) is 1.40. The molecular formula is C11H12BrNO. The molecule has 1 heterocycles. The van der Waals surface area contributed by atoms with Crippen LogP contribution in [0.2, 0.25) is 0 Å². The number of fused-ring (bicyclic) bond motifs is 3. The molecule has 1 aliphatic carbocycles. The van der Waals surface area contributed by atoms with E-state index in [4.69, 9.17) is 4.74 Å². The monoisotopic (exact) mass is 253 g/mol. The first-order valence-electron chi connectivity index (χ1n) is 4.98. The molecule has 2 atom stereocenters. The minimum Gasteiger partial charge on any atom is -0.375 e. The van der Waals surface area contributed by atoms with E-state index in [0.717, 1.165) is 24.0 Å². The molecule has 1 aromatic carbocycles. The molecule has 0 saturated carbocycles. The van der Waals surface area contributed by atoms with Crippen LogP contribution in [0.5, 0.6) is 0 Å². The lowest BCUT2D eigenvalue weighted by Crippen LogP contribution is -2.39. The first-order valence-corrected chi connectivity index (χ1v) is 5.77. The van der Waals surface area contributed by atoms with Gasteiger partial charge in [-0.25, -0.2) is 0 Å². The zero-order chi connectivity index (χ0) is 9.54. The number of halogens is 1. The van der Waals surface area contributed by atoms with Gasteiger partial charge in [0.25, 0.3) is 0 Å². The molecule has 74 valence electrons.